The summed E-state index contributed by atoms with van der Waals surface area (Å²) in [5.74, 6) is -0.299. The predicted octanol–water partition coefficient (Wildman–Crippen LogP) is 1.22. The van der Waals surface area contributed by atoms with E-state index < -0.39 is 4.92 Å². The number of rotatable bonds is 3. The van der Waals surface area contributed by atoms with Crippen molar-refractivity contribution in [2.75, 3.05) is 6.54 Å². The highest BCUT2D eigenvalue weighted by Gasteiger charge is 2.25. The van der Waals surface area contributed by atoms with Gasteiger partial charge in [0.15, 0.2) is 5.75 Å². The Kier molecular flexibility index (Phi) is 3.26. The quantitative estimate of drug-likeness (QED) is 0.543. The predicted molar refractivity (Wildman–Crippen MR) is 60.7 cm³/mol. The van der Waals surface area contributed by atoms with Crippen molar-refractivity contribution < 1.29 is 15.1 Å². The monoisotopic (exact) mass is 238 g/mol. The molecule has 92 valence electrons. The van der Waals surface area contributed by atoms with Crippen LogP contribution in [0, 0.1) is 10.1 Å². The summed E-state index contributed by atoms with van der Waals surface area (Å²) in [4.78, 5) is 10.2. The van der Waals surface area contributed by atoms with Gasteiger partial charge in [0.25, 0.3) is 0 Å². The van der Waals surface area contributed by atoms with Crippen LogP contribution in [0.3, 0.4) is 0 Å². The molecule has 1 aliphatic heterocycles. The number of phenols is 1. The normalized spacial score (nSPS) is 19.5. The molecule has 2 rings (SSSR count). The Hall–Kier alpha value is -1.66. The Morgan fingerprint density at radius 1 is 1.53 bits per heavy atom. The second-order valence-corrected chi connectivity index (χ2v) is 4.12. The zero-order chi connectivity index (χ0) is 12.4. The molecule has 1 fully saturated rings. The standard InChI is InChI=1S/C11H14N2O4/c14-6-7-4-8(9-2-1-3-12-9)11(15)10(5-7)13(16)17/h4-5,9,12,14-15H,1-3,6H2/t9-/m1/s1. The number of hydrogen-bond donors (Lipinski definition) is 3. The Labute approximate surface area is 98.0 Å². The molecule has 0 amide bonds. The van der Waals surface area contributed by atoms with E-state index >= 15 is 0 Å². The maximum Gasteiger partial charge on any atom is 0.311 e. The maximum atomic E-state index is 10.8. The number of phenolic OH excluding ortho intramolecular Hbond substituents is 1. The minimum atomic E-state index is -0.632. The topological polar surface area (TPSA) is 95.6 Å². The second-order valence-electron chi connectivity index (χ2n) is 4.12. The highest BCUT2D eigenvalue weighted by molar-refractivity contribution is 5.54. The van der Waals surface area contributed by atoms with Crippen LogP contribution in [0.15, 0.2) is 12.1 Å². The van der Waals surface area contributed by atoms with Crippen molar-refractivity contribution in [2.45, 2.75) is 25.5 Å². The molecule has 1 heterocycles. The van der Waals surface area contributed by atoms with Gasteiger partial charge < -0.3 is 15.5 Å². The first-order valence-corrected chi connectivity index (χ1v) is 5.48. The molecule has 0 aromatic heterocycles. The molecule has 1 aromatic carbocycles. The maximum absolute atomic E-state index is 10.8. The molecule has 3 N–H and O–H groups in total. The van der Waals surface area contributed by atoms with E-state index in [4.69, 9.17) is 5.11 Å². The highest BCUT2D eigenvalue weighted by atomic mass is 16.6. The van der Waals surface area contributed by atoms with E-state index in [-0.39, 0.29) is 24.1 Å². The zero-order valence-corrected chi connectivity index (χ0v) is 9.22. The largest absolute Gasteiger partial charge is 0.502 e. The number of aromatic hydroxyl groups is 1. The van der Waals surface area contributed by atoms with Crippen molar-refractivity contribution in [1.82, 2.24) is 5.32 Å². The first-order chi connectivity index (χ1) is 8.13. The van der Waals surface area contributed by atoms with Gasteiger partial charge in [-0.05, 0) is 31.0 Å². The molecule has 1 aromatic rings. The summed E-state index contributed by atoms with van der Waals surface area (Å²) in [6, 6.07) is 2.75. The van der Waals surface area contributed by atoms with E-state index in [1.807, 2.05) is 0 Å². The van der Waals surface area contributed by atoms with Crippen LogP contribution in [0.5, 0.6) is 5.75 Å². The van der Waals surface area contributed by atoms with Crippen molar-refractivity contribution >= 4 is 5.69 Å². The van der Waals surface area contributed by atoms with E-state index in [2.05, 4.69) is 5.32 Å². The Balaban J connectivity index is 2.48. The van der Waals surface area contributed by atoms with E-state index in [1.165, 1.54) is 6.07 Å². The summed E-state index contributed by atoms with van der Waals surface area (Å²) in [7, 11) is 0. The molecule has 0 radical (unpaired) electrons. The molecule has 0 unspecified atom stereocenters. The van der Waals surface area contributed by atoms with Crippen LogP contribution < -0.4 is 5.32 Å². The van der Waals surface area contributed by atoms with Gasteiger partial charge in [-0.1, -0.05) is 0 Å². The van der Waals surface area contributed by atoms with Crippen LogP contribution >= 0.6 is 0 Å². The van der Waals surface area contributed by atoms with Gasteiger partial charge in [0, 0.05) is 17.7 Å². The third kappa shape index (κ3) is 2.22. The fraction of sp³-hybridized carbons (Fsp3) is 0.455. The third-order valence-corrected chi connectivity index (χ3v) is 2.99. The molecule has 0 spiro atoms. The summed E-state index contributed by atoms with van der Waals surface area (Å²) in [5, 5.41) is 32.9. The SMILES string of the molecule is O=[N+]([O-])c1cc(CO)cc([C@H]2CCCN2)c1O. The number of hydrogen-bond acceptors (Lipinski definition) is 5. The van der Waals surface area contributed by atoms with Crippen LogP contribution in [0.1, 0.15) is 30.0 Å². The summed E-state index contributed by atoms with van der Waals surface area (Å²) in [6.07, 6.45) is 1.81. The fourth-order valence-corrected chi connectivity index (χ4v) is 2.15. The Morgan fingerprint density at radius 3 is 2.82 bits per heavy atom. The van der Waals surface area contributed by atoms with Gasteiger partial charge in [-0.25, -0.2) is 0 Å². The van der Waals surface area contributed by atoms with Crippen LogP contribution in [-0.4, -0.2) is 21.7 Å². The molecular weight excluding hydrogens is 224 g/mol. The van der Waals surface area contributed by atoms with Crippen LogP contribution in [0.2, 0.25) is 0 Å². The van der Waals surface area contributed by atoms with Gasteiger partial charge in [-0.3, -0.25) is 10.1 Å². The molecule has 0 bridgehead atoms. The summed E-state index contributed by atoms with van der Waals surface area (Å²) >= 11 is 0. The first-order valence-electron chi connectivity index (χ1n) is 5.48. The van der Waals surface area contributed by atoms with E-state index in [1.54, 1.807) is 6.07 Å². The van der Waals surface area contributed by atoms with Crippen molar-refractivity contribution in [3.63, 3.8) is 0 Å². The molecule has 0 saturated carbocycles. The van der Waals surface area contributed by atoms with Crippen molar-refractivity contribution in [3.05, 3.63) is 33.4 Å². The Morgan fingerprint density at radius 2 is 2.29 bits per heavy atom. The lowest BCUT2D eigenvalue weighted by Crippen LogP contribution is -2.13. The number of nitro benzene ring substituents is 1. The van der Waals surface area contributed by atoms with Crippen LogP contribution in [-0.2, 0) is 6.61 Å². The minimum absolute atomic E-state index is 0.0693. The molecule has 0 aliphatic carbocycles. The highest BCUT2D eigenvalue weighted by Crippen LogP contribution is 2.37. The summed E-state index contributed by atoms with van der Waals surface area (Å²) in [5.41, 5.74) is 0.596. The fourth-order valence-electron chi connectivity index (χ4n) is 2.15. The van der Waals surface area contributed by atoms with Gasteiger partial charge >= 0.3 is 5.69 Å². The first kappa shape index (κ1) is 11.8. The number of aliphatic hydroxyl groups excluding tert-OH is 1. The third-order valence-electron chi connectivity index (χ3n) is 2.99. The smallest absolute Gasteiger partial charge is 0.311 e. The molecule has 1 atom stereocenters. The van der Waals surface area contributed by atoms with Crippen molar-refractivity contribution in [1.29, 1.82) is 0 Å². The van der Waals surface area contributed by atoms with Gasteiger partial charge in [0.05, 0.1) is 11.5 Å². The number of nitrogens with zero attached hydrogens (tertiary/aromatic N) is 1. The molecule has 6 nitrogen and oxygen atoms in total. The number of nitrogens with one attached hydrogen (secondary N) is 1. The molecule has 17 heavy (non-hydrogen) atoms. The lowest BCUT2D eigenvalue weighted by atomic mass is 10.0. The lowest BCUT2D eigenvalue weighted by Gasteiger charge is -2.13. The van der Waals surface area contributed by atoms with Gasteiger partial charge in [-0.15, -0.1) is 0 Å². The second kappa shape index (κ2) is 4.68. The number of benzene rings is 1. The van der Waals surface area contributed by atoms with Crippen molar-refractivity contribution in [3.8, 4) is 5.75 Å². The number of aliphatic hydroxyl groups is 1. The van der Waals surface area contributed by atoms with Gasteiger partial charge in [-0.2, -0.15) is 0 Å². The lowest BCUT2D eigenvalue weighted by molar-refractivity contribution is -0.386. The van der Waals surface area contributed by atoms with E-state index in [0.29, 0.717) is 11.1 Å². The molecular formula is C11H14N2O4. The van der Waals surface area contributed by atoms with Crippen LogP contribution in [0.25, 0.3) is 0 Å². The summed E-state index contributed by atoms with van der Waals surface area (Å²) in [6.45, 7) is 0.558. The van der Waals surface area contributed by atoms with Crippen molar-refractivity contribution in [2.24, 2.45) is 0 Å². The minimum Gasteiger partial charge on any atom is -0.502 e. The van der Waals surface area contributed by atoms with Gasteiger partial charge in [0.2, 0.25) is 0 Å². The zero-order valence-electron chi connectivity index (χ0n) is 9.22. The van der Waals surface area contributed by atoms with Crippen LogP contribution in [0.4, 0.5) is 5.69 Å². The molecule has 1 saturated heterocycles. The summed E-state index contributed by atoms with van der Waals surface area (Å²) < 4.78 is 0. The average Bonchev–Trinajstić information content (AvgIpc) is 2.82. The van der Waals surface area contributed by atoms with Gasteiger partial charge in [0.1, 0.15) is 0 Å². The molecule has 1 aliphatic rings. The van der Waals surface area contributed by atoms with E-state index in [9.17, 15) is 15.2 Å². The number of nitro groups is 1. The average molecular weight is 238 g/mol. The molecule has 6 heteroatoms. The Bertz CT molecular complexity index is 441. The van der Waals surface area contributed by atoms with E-state index in [0.717, 1.165) is 19.4 Å².